The predicted molar refractivity (Wildman–Crippen MR) is 104 cm³/mol. The van der Waals surface area contributed by atoms with Gasteiger partial charge in [0.15, 0.2) is 0 Å². The Labute approximate surface area is 168 Å². The van der Waals surface area contributed by atoms with Crippen LogP contribution in [-0.4, -0.2) is 54.9 Å². The molecule has 0 bridgehead atoms. The van der Waals surface area contributed by atoms with Crippen molar-refractivity contribution < 1.29 is 23.5 Å². The first kappa shape index (κ1) is 18.9. The molecule has 8 heteroatoms. The molecule has 2 heterocycles. The van der Waals surface area contributed by atoms with Crippen LogP contribution in [0.2, 0.25) is 0 Å². The van der Waals surface area contributed by atoms with Crippen molar-refractivity contribution in [3.8, 4) is 23.0 Å². The van der Waals surface area contributed by atoms with Gasteiger partial charge in [-0.1, -0.05) is 11.2 Å². The number of rotatable bonds is 5. The first-order valence-corrected chi connectivity index (χ1v) is 9.21. The third kappa shape index (κ3) is 4.07. The number of ether oxygens (including phenoxy) is 3. The minimum absolute atomic E-state index is 0.0870. The number of hydrogen-bond donors (Lipinski definition) is 0. The van der Waals surface area contributed by atoms with Gasteiger partial charge in [0.1, 0.15) is 17.6 Å². The van der Waals surface area contributed by atoms with Gasteiger partial charge in [-0.3, -0.25) is 4.79 Å². The second-order valence-corrected chi connectivity index (χ2v) is 6.53. The van der Waals surface area contributed by atoms with Crippen LogP contribution in [0, 0.1) is 0 Å². The molecule has 1 atom stereocenters. The molecule has 0 radical (unpaired) electrons. The number of nitrogens with zero attached hydrogens (tertiary/aromatic N) is 3. The van der Waals surface area contributed by atoms with Crippen LogP contribution >= 0.6 is 0 Å². The second-order valence-electron chi connectivity index (χ2n) is 6.53. The van der Waals surface area contributed by atoms with Crippen LogP contribution in [0.1, 0.15) is 22.3 Å². The third-order valence-corrected chi connectivity index (χ3v) is 4.74. The van der Waals surface area contributed by atoms with Gasteiger partial charge >= 0.3 is 0 Å². The van der Waals surface area contributed by atoms with E-state index in [1.807, 2.05) is 24.3 Å². The van der Waals surface area contributed by atoms with Gasteiger partial charge < -0.3 is 23.6 Å². The zero-order valence-corrected chi connectivity index (χ0v) is 16.2. The summed E-state index contributed by atoms with van der Waals surface area (Å²) in [5, 5.41) is 4.05. The number of carbonyl (C=O) groups excluding carboxylic acids is 1. The molecule has 150 valence electrons. The van der Waals surface area contributed by atoms with E-state index in [1.54, 1.807) is 43.4 Å². The maximum atomic E-state index is 12.9. The summed E-state index contributed by atoms with van der Waals surface area (Å²) >= 11 is 0. The van der Waals surface area contributed by atoms with Crippen molar-refractivity contribution >= 4 is 5.91 Å². The van der Waals surface area contributed by atoms with E-state index in [9.17, 15) is 4.79 Å². The molecular weight excluding hydrogens is 374 g/mol. The number of carbonyl (C=O) groups is 1. The highest BCUT2D eigenvalue weighted by Crippen LogP contribution is 2.26. The highest BCUT2D eigenvalue weighted by atomic mass is 16.5. The van der Waals surface area contributed by atoms with Crippen LogP contribution < -0.4 is 9.47 Å². The normalized spacial score (nSPS) is 16.5. The van der Waals surface area contributed by atoms with Crippen LogP contribution in [-0.2, 0) is 4.74 Å². The molecule has 0 N–H and O–H groups in total. The molecule has 0 aliphatic carbocycles. The first-order valence-electron chi connectivity index (χ1n) is 9.21. The Hall–Kier alpha value is -3.39. The quantitative estimate of drug-likeness (QED) is 0.656. The maximum Gasteiger partial charge on any atom is 0.258 e. The van der Waals surface area contributed by atoms with Gasteiger partial charge in [0.05, 0.1) is 27.4 Å². The van der Waals surface area contributed by atoms with Crippen LogP contribution in [0.3, 0.4) is 0 Å². The molecule has 1 aromatic heterocycles. The second kappa shape index (κ2) is 8.32. The smallest absolute Gasteiger partial charge is 0.258 e. The fourth-order valence-electron chi connectivity index (χ4n) is 3.15. The fourth-order valence-corrected chi connectivity index (χ4v) is 3.15. The highest BCUT2D eigenvalue weighted by molar-refractivity contribution is 5.94. The molecule has 8 nitrogen and oxygen atoms in total. The summed E-state index contributed by atoms with van der Waals surface area (Å²) < 4.78 is 21.5. The average Bonchev–Trinajstić information content (AvgIpc) is 3.29. The molecule has 1 aliphatic rings. The number of methoxy groups -OCH3 is 2. The van der Waals surface area contributed by atoms with Gasteiger partial charge in [0.25, 0.3) is 11.8 Å². The van der Waals surface area contributed by atoms with Crippen molar-refractivity contribution in [3.63, 3.8) is 0 Å². The molecule has 1 saturated heterocycles. The number of hydrogen-bond acceptors (Lipinski definition) is 7. The lowest BCUT2D eigenvalue weighted by atomic mass is 10.1. The lowest BCUT2D eigenvalue weighted by Crippen LogP contribution is -2.42. The summed E-state index contributed by atoms with van der Waals surface area (Å²) in [6.45, 7) is 1.24. The van der Waals surface area contributed by atoms with E-state index in [0.29, 0.717) is 42.7 Å². The van der Waals surface area contributed by atoms with Crippen molar-refractivity contribution in [1.82, 2.24) is 15.0 Å². The molecule has 1 aliphatic heterocycles. The topological polar surface area (TPSA) is 86.9 Å². The zero-order chi connectivity index (χ0) is 20.2. The van der Waals surface area contributed by atoms with E-state index >= 15 is 0 Å². The van der Waals surface area contributed by atoms with Crippen LogP contribution in [0.4, 0.5) is 0 Å². The Morgan fingerprint density at radius 3 is 2.66 bits per heavy atom. The van der Waals surface area contributed by atoms with E-state index in [1.165, 1.54) is 0 Å². The first-order chi connectivity index (χ1) is 14.2. The summed E-state index contributed by atoms with van der Waals surface area (Å²) in [6.07, 6.45) is -0.450. The molecule has 1 amide bonds. The van der Waals surface area contributed by atoms with Gasteiger partial charge in [0, 0.05) is 17.7 Å². The predicted octanol–water partition coefficient (Wildman–Crippen LogP) is 2.97. The monoisotopic (exact) mass is 395 g/mol. The SMILES string of the molecule is COc1ccc(-c2nc(C3CN(C(=O)c4cccc(OC)c4)CCO3)no2)cc1. The molecule has 29 heavy (non-hydrogen) atoms. The third-order valence-electron chi connectivity index (χ3n) is 4.74. The van der Waals surface area contributed by atoms with Gasteiger partial charge in [-0.25, -0.2) is 0 Å². The van der Waals surface area contributed by atoms with E-state index in [2.05, 4.69) is 10.1 Å². The van der Waals surface area contributed by atoms with Gasteiger partial charge in [-0.2, -0.15) is 4.98 Å². The molecule has 1 fully saturated rings. The van der Waals surface area contributed by atoms with Crippen molar-refractivity contribution in [1.29, 1.82) is 0 Å². The maximum absolute atomic E-state index is 12.9. The summed E-state index contributed by atoms with van der Waals surface area (Å²) in [5.74, 6) is 2.11. The number of aromatic nitrogens is 2. The molecule has 3 aromatic rings. The summed E-state index contributed by atoms with van der Waals surface area (Å²) in [7, 11) is 3.18. The average molecular weight is 395 g/mol. The Bertz CT molecular complexity index is 986. The van der Waals surface area contributed by atoms with E-state index < -0.39 is 6.10 Å². The van der Waals surface area contributed by atoms with Crippen LogP contribution in [0.5, 0.6) is 11.5 Å². The van der Waals surface area contributed by atoms with Crippen molar-refractivity contribution in [2.75, 3.05) is 33.9 Å². The van der Waals surface area contributed by atoms with Gasteiger partial charge in [-0.15, -0.1) is 0 Å². The van der Waals surface area contributed by atoms with E-state index in [-0.39, 0.29) is 5.91 Å². The van der Waals surface area contributed by atoms with E-state index in [0.717, 1.165) is 11.3 Å². The molecule has 0 spiro atoms. The van der Waals surface area contributed by atoms with Crippen molar-refractivity contribution in [2.24, 2.45) is 0 Å². The van der Waals surface area contributed by atoms with Gasteiger partial charge in [-0.05, 0) is 42.5 Å². The van der Waals surface area contributed by atoms with Crippen LogP contribution in [0.25, 0.3) is 11.5 Å². The minimum atomic E-state index is -0.450. The Balaban J connectivity index is 1.48. The van der Waals surface area contributed by atoms with Crippen molar-refractivity contribution in [3.05, 3.63) is 59.9 Å². The zero-order valence-electron chi connectivity index (χ0n) is 16.2. The van der Waals surface area contributed by atoms with Gasteiger partial charge in [0.2, 0.25) is 5.82 Å². The molecule has 4 rings (SSSR count). The Morgan fingerprint density at radius 2 is 1.90 bits per heavy atom. The Kier molecular flexibility index (Phi) is 5.44. The number of morpholine rings is 1. The minimum Gasteiger partial charge on any atom is -0.497 e. The van der Waals surface area contributed by atoms with E-state index in [4.69, 9.17) is 18.7 Å². The molecule has 2 aromatic carbocycles. The summed E-state index contributed by atoms with van der Waals surface area (Å²) in [4.78, 5) is 19.1. The van der Waals surface area contributed by atoms with Crippen LogP contribution in [0.15, 0.2) is 53.1 Å². The Morgan fingerprint density at radius 1 is 1.10 bits per heavy atom. The number of benzene rings is 2. The molecular formula is C21H21N3O5. The number of amides is 1. The fraction of sp³-hybridized carbons (Fsp3) is 0.286. The highest BCUT2D eigenvalue weighted by Gasteiger charge is 2.29. The largest absolute Gasteiger partial charge is 0.497 e. The van der Waals surface area contributed by atoms with Crippen molar-refractivity contribution in [2.45, 2.75) is 6.10 Å². The standard InChI is InChI=1S/C21H21N3O5/c1-26-16-8-6-14(7-9-16)20-22-19(23-29-20)18-13-24(10-11-28-18)21(25)15-4-3-5-17(12-15)27-2/h3-9,12,18H,10-11,13H2,1-2H3. The lowest BCUT2D eigenvalue weighted by molar-refractivity contribution is -0.0276. The summed E-state index contributed by atoms with van der Waals surface area (Å²) in [6, 6.07) is 14.4. The molecule has 0 saturated carbocycles. The summed E-state index contributed by atoms with van der Waals surface area (Å²) in [5.41, 5.74) is 1.35. The lowest BCUT2D eigenvalue weighted by Gasteiger charge is -2.31. The molecule has 1 unspecified atom stereocenters.